The number of nitrogens with one attached hydrogen (secondary N) is 1. The SMILES string of the molecule is CCc1ccc([C@H]2C3=C(CCCC3=O)Nc3c(-c4ccccc4)c(C)nn32)cc1. The maximum atomic E-state index is 13.0. The highest BCUT2D eigenvalue weighted by atomic mass is 16.1. The van der Waals surface area contributed by atoms with Crippen molar-refractivity contribution in [3.8, 4) is 11.1 Å². The summed E-state index contributed by atoms with van der Waals surface area (Å²) in [5, 5.41) is 8.52. The van der Waals surface area contributed by atoms with Crippen molar-refractivity contribution in [2.75, 3.05) is 5.32 Å². The summed E-state index contributed by atoms with van der Waals surface area (Å²) in [7, 11) is 0. The van der Waals surface area contributed by atoms with Gasteiger partial charge < -0.3 is 5.32 Å². The predicted octanol–water partition coefficient (Wildman–Crippen LogP) is 5.44. The van der Waals surface area contributed by atoms with Gasteiger partial charge in [-0.05, 0) is 42.9 Å². The third-order valence-electron chi connectivity index (χ3n) is 6.10. The van der Waals surface area contributed by atoms with E-state index in [9.17, 15) is 4.79 Å². The molecule has 4 nitrogen and oxygen atoms in total. The highest BCUT2D eigenvalue weighted by Crippen LogP contribution is 2.44. The molecule has 1 aromatic heterocycles. The first-order valence-electron chi connectivity index (χ1n) is 10.4. The van der Waals surface area contributed by atoms with Crippen LogP contribution in [0.1, 0.15) is 49.0 Å². The number of allylic oxidation sites excluding steroid dienone is 2. The molecule has 0 saturated heterocycles. The van der Waals surface area contributed by atoms with Crippen LogP contribution in [0, 0.1) is 6.92 Å². The Bertz CT molecular complexity index is 1110. The summed E-state index contributed by atoms with van der Waals surface area (Å²) in [5.41, 5.74) is 7.60. The van der Waals surface area contributed by atoms with Crippen LogP contribution < -0.4 is 5.32 Å². The average Bonchev–Trinajstić information content (AvgIpc) is 3.08. The van der Waals surface area contributed by atoms with Crippen LogP contribution >= 0.6 is 0 Å². The van der Waals surface area contributed by atoms with Crippen molar-refractivity contribution >= 4 is 11.6 Å². The lowest BCUT2D eigenvalue weighted by Gasteiger charge is -2.33. The van der Waals surface area contributed by atoms with Crippen molar-refractivity contribution in [3.05, 3.63) is 82.7 Å². The number of carbonyl (C=O) groups excluding carboxylic acids is 1. The molecule has 2 aliphatic rings. The van der Waals surface area contributed by atoms with Crippen molar-refractivity contribution in [2.45, 2.75) is 45.6 Å². The molecular weight excluding hydrogens is 358 g/mol. The Morgan fingerprint density at radius 2 is 1.83 bits per heavy atom. The van der Waals surface area contributed by atoms with E-state index in [2.05, 4.69) is 60.8 Å². The highest BCUT2D eigenvalue weighted by Gasteiger charge is 2.37. The first-order chi connectivity index (χ1) is 14.2. The van der Waals surface area contributed by atoms with E-state index in [0.717, 1.165) is 58.7 Å². The molecule has 0 amide bonds. The molecule has 5 rings (SSSR count). The minimum atomic E-state index is -0.170. The lowest BCUT2D eigenvalue weighted by Crippen LogP contribution is -2.31. The lowest BCUT2D eigenvalue weighted by molar-refractivity contribution is -0.116. The molecule has 2 aromatic carbocycles. The molecular formula is C25H25N3O. The standard InChI is InChI=1S/C25H25N3O/c1-3-17-12-14-19(15-13-17)24-23-20(10-7-11-21(23)29)26-25-22(16(2)27-28(24)25)18-8-5-4-6-9-18/h4-6,8-9,12-15,24,26H,3,7,10-11H2,1-2H3/t24-/m0/s1. The fourth-order valence-electron chi connectivity index (χ4n) is 4.62. The molecule has 2 heterocycles. The van der Waals surface area contributed by atoms with E-state index in [0.29, 0.717) is 6.42 Å². The van der Waals surface area contributed by atoms with Gasteiger partial charge in [0, 0.05) is 23.3 Å². The second-order valence-electron chi connectivity index (χ2n) is 7.91. The number of benzene rings is 2. The predicted molar refractivity (Wildman–Crippen MR) is 116 cm³/mol. The summed E-state index contributed by atoms with van der Waals surface area (Å²) in [6, 6.07) is 18.8. The zero-order valence-electron chi connectivity index (χ0n) is 16.9. The van der Waals surface area contributed by atoms with Crippen LogP contribution in [0.5, 0.6) is 0 Å². The minimum absolute atomic E-state index is 0.170. The van der Waals surface area contributed by atoms with Crippen LogP contribution in [0.2, 0.25) is 0 Å². The van der Waals surface area contributed by atoms with Crippen molar-refractivity contribution in [3.63, 3.8) is 0 Å². The van der Waals surface area contributed by atoms with Gasteiger partial charge >= 0.3 is 0 Å². The fraction of sp³-hybridized carbons (Fsp3) is 0.280. The molecule has 0 bridgehead atoms. The summed E-state index contributed by atoms with van der Waals surface area (Å²) in [4.78, 5) is 13.0. The second-order valence-corrected chi connectivity index (χ2v) is 7.91. The third-order valence-corrected chi connectivity index (χ3v) is 6.10. The van der Waals surface area contributed by atoms with Gasteiger partial charge in [-0.3, -0.25) is 4.79 Å². The number of carbonyl (C=O) groups is 1. The van der Waals surface area contributed by atoms with E-state index in [-0.39, 0.29) is 11.8 Å². The lowest BCUT2D eigenvalue weighted by atomic mass is 9.85. The molecule has 0 unspecified atom stereocenters. The Morgan fingerprint density at radius 3 is 2.55 bits per heavy atom. The number of aromatic nitrogens is 2. The van der Waals surface area contributed by atoms with Crippen molar-refractivity contribution in [1.82, 2.24) is 9.78 Å². The Balaban J connectivity index is 1.72. The first-order valence-corrected chi connectivity index (χ1v) is 10.4. The van der Waals surface area contributed by atoms with Gasteiger partial charge in [-0.2, -0.15) is 5.10 Å². The molecule has 3 aromatic rings. The maximum Gasteiger partial charge on any atom is 0.163 e. The Kier molecular flexibility index (Phi) is 4.35. The number of hydrogen-bond acceptors (Lipinski definition) is 3. The number of hydrogen-bond donors (Lipinski definition) is 1. The maximum absolute atomic E-state index is 13.0. The average molecular weight is 383 g/mol. The van der Waals surface area contributed by atoms with Gasteiger partial charge in [-0.15, -0.1) is 0 Å². The topological polar surface area (TPSA) is 46.9 Å². The van der Waals surface area contributed by atoms with Crippen LogP contribution in [-0.2, 0) is 11.2 Å². The van der Waals surface area contributed by atoms with Crippen LogP contribution in [-0.4, -0.2) is 15.6 Å². The zero-order chi connectivity index (χ0) is 20.0. The number of rotatable bonds is 3. The minimum Gasteiger partial charge on any atom is -0.343 e. The normalized spacial score (nSPS) is 18.3. The molecule has 1 N–H and O–H groups in total. The van der Waals surface area contributed by atoms with Crippen LogP contribution in [0.15, 0.2) is 65.9 Å². The molecule has 0 fully saturated rings. The van der Waals surface area contributed by atoms with Gasteiger partial charge in [-0.25, -0.2) is 4.68 Å². The smallest absolute Gasteiger partial charge is 0.163 e. The second kappa shape index (κ2) is 7.03. The Morgan fingerprint density at radius 1 is 1.07 bits per heavy atom. The Labute approximate surface area is 171 Å². The van der Waals surface area contributed by atoms with Crippen LogP contribution in [0.25, 0.3) is 11.1 Å². The monoisotopic (exact) mass is 383 g/mol. The fourth-order valence-corrected chi connectivity index (χ4v) is 4.62. The van der Waals surface area contributed by atoms with Gasteiger partial charge in [0.15, 0.2) is 5.78 Å². The van der Waals surface area contributed by atoms with Gasteiger partial charge in [0.2, 0.25) is 0 Å². The van der Waals surface area contributed by atoms with Crippen LogP contribution in [0.4, 0.5) is 5.82 Å². The summed E-state index contributed by atoms with van der Waals surface area (Å²) >= 11 is 0. The van der Waals surface area contributed by atoms with Gasteiger partial charge in [0.25, 0.3) is 0 Å². The molecule has 1 aliphatic carbocycles. The summed E-state index contributed by atoms with van der Waals surface area (Å²) < 4.78 is 2.03. The summed E-state index contributed by atoms with van der Waals surface area (Å²) in [6.45, 7) is 4.21. The molecule has 29 heavy (non-hydrogen) atoms. The largest absolute Gasteiger partial charge is 0.343 e. The highest BCUT2D eigenvalue weighted by molar-refractivity contribution is 6.00. The summed E-state index contributed by atoms with van der Waals surface area (Å²) in [5.74, 6) is 1.23. The molecule has 146 valence electrons. The van der Waals surface area contributed by atoms with E-state index >= 15 is 0 Å². The zero-order valence-corrected chi connectivity index (χ0v) is 16.9. The first kappa shape index (κ1) is 17.9. The van der Waals surface area contributed by atoms with E-state index in [1.807, 2.05) is 17.7 Å². The number of anilines is 1. The number of ketones is 1. The van der Waals surface area contributed by atoms with Gasteiger partial charge in [0.1, 0.15) is 11.9 Å². The van der Waals surface area contributed by atoms with Crippen molar-refractivity contribution in [1.29, 1.82) is 0 Å². The van der Waals surface area contributed by atoms with Crippen molar-refractivity contribution in [2.24, 2.45) is 0 Å². The number of fused-ring (bicyclic) bond motifs is 1. The van der Waals surface area contributed by atoms with Gasteiger partial charge in [-0.1, -0.05) is 61.5 Å². The number of aryl methyl sites for hydroxylation is 2. The van der Waals surface area contributed by atoms with Crippen LogP contribution in [0.3, 0.4) is 0 Å². The molecule has 0 saturated carbocycles. The van der Waals surface area contributed by atoms with E-state index in [1.54, 1.807) is 0 Å². The van der Waals surface area contributed by atoms with Gasteiger partial charge in [0.05, 0.1) is 5.69 Å². The molecule has 0 spiro atoms. The molecule has 1 aliphatic heterocycles. The Hall–Kier alpha value is -3.14. The molecule has 0 radical (unpaired) electrons. The third kappa shape index (κ3) is 2.91. The number of Topliss-reactive ketones (excluding diaryl/α,β-unsaturated/α-hetero) is 1. The number of nitrogens with zero attached hydrogens (tertiary/aromatic N) is 2. The molecule has 4 heteroatoms. The van der Waals surface area contributed by atoms with E-state index < -0.39 is 0 Å². The summed E-state index contributed by atoms with van der Waals surface area (Å²) in [6.07, 6.45) is 3.43. The quantitative estimate of drug-likeness (QED) is 0.655. The van der Waals surface area contributed by atoms with E-state index in [4.69, 9.17) is 5.10 Å². The van der Waals surface area contributed by atoms with E-state index in [1.165, 1.54) is 5.56 Å². The van der Waals surface area contributed by atoms with Crippen molar-refractivity contribution < 1.29 is 4.79 Å². The molecule has 1 atom stereocenters.